The molecule has 2 aromatic carbocycles. The molecular formula is C25H22N4O3S. The average molecular weight is 459 g/mol. The van der Waals surface area contributed by atoms with Crippen molar-refractivity contribution in [2.75, 3.05) is 10.2 Å². The number of rotatable bonds is 3. The summed E-state index contributed by atoms with van der Waals surface area (Å²) in [5.74, 6) is -0.422. The second kappa shape index (κ2) is 8.29. The fourth-order valence-electron chi connectivity index (χ4n) is 4.39. The molecule has 0 spiro atoms. The number of aromatic nitrogens is 2. The van der Waals surface area contributed by atoms with Gasteiger partial charge in [-0.3, -0.25) is 19.0 Å². The topological polar surface area (TPSA) is 84.3 Å². The van der Waals surface area contributed by atoms with Crippen molar-refractivity contribution in [3.63, 3.8) is 0 Å². The Morgan fingerprint density at radius 2 is 1.85 bits per heavy atom. The molecule has 2 aromatic heterocycles. The SMILES string of the molecule is Cc1sc2ncn(CC(=O)N3c4ccccc4NC(=O)CC3C)c(=O)c2c1-c1ccccc1. The summed E-state index contributed by atoms with van der Waals surface area (Å²) in [7, 11) is 0. The molecule has 166 valence electrons. The van der Waals surface area contributed by atoms with Crippen molar-refractivity contribution in [2.45, 2.75) is 32.9 Å². The zero-order chi connectivity index (χ0) is 23.1. The molecule has 3 heterocycles. The molecule has 1 N–H and O–H groups in total. The molecule has 7 nitrogen and oxygen atoms in total. The minimum absolute atomic E-state index is 0.147. The van der Waals surface area contributed by atoms with Gasteiger partial charge in [0, 0.05) is 22.9 Å². The van der Waals surface area contributed by atoms with Crippen molar-refractivity contribution in [3.05, 3.63) is 76.2 Å². The number of aryl methyl sites for hydroxylation is 1. The molecule has 1 aliphatic rings. The van der Waals surface area contributed by atoms with Crippen LogP contribution in [0.3, 0.4) is 0 Å². The van der Waals surface area contributed by atoms with Gasteiger partial charge in [0.1, 0.15) is 11.4 Å². The molecule has 0 saturated carbocycles. The van der Waals surface area contributed by atoms with Gasteiger partial charge >= 0.3 is 0 Å². The van der Waals surface area contributed by atoms with Crippen LogP contribution < -0.4 is 15.8 Å². The van der Waals surface area contributed by atoms with Crippen LogP contribution in [-0.4, -0.2) is 27.4 Å². The molecule has 33 heavy (non-hydrogen) atoms. The van der Waals surface area contributed by atoms with E-state index in [0.29, 0.717) is 21.6 Å². The van der Waals surface area contributed by atoms with Gasteiger partial charge in [0.05, 0.1) is 23.1 Å². The summed E-state index contributed by atoms with van der Waals surface area (Å²) in [5, 5.41) is 3.38. The predicted molar refractivity (Wildman–Crippen MR) is 131 cm³/mol. The molecular weight excluding hydrogens is 436 g/mol. The largest absolute Gasteiger partial charge is 0.324 e. The average Bonchev–Trinajstić information content (AvgIpc) is 3.07. The lowest BCUT2D eigenvalue weighted by Gasteiger charge is -2.28. The monoisotopic (exact) mass is 458 g/mol. The maximum Gasteiger partial charge on any atom is 0.263 e. The third-order valence-corrected chi connectivity index (χ3v) is 6.86. The number of nitrogens with one attached hydrogen (secondary N) is 1. The van der Waals surface area contributed by atoms with Crippen LogP contribution in [0.4, 0.5) is 11.4 Å². The van der Waals surface area contributed by atoms with E-state index in [1.54, 1.807) is 17.0 Å². The molecule has 0 saturated heterocycles. The first-order valence-corrected chi connectivity index (χ1v) is 11.5. The lowest BCUT2D eigenvalue weighted by Crippen LogP contribution is -2.42. The van der Waals surface area contributed by atoms with E-state index in [1.807, 2.05) is 56.3 Å². The molecule has 0 bridgehead atoms. The highest BCUT2D eigenvalue weighted by atomic mass is 32.1. The Bertz CT molecular complexity index is 1440. The number of thiophene rings is 1. The second-order valence-corrected chi connectivity index (χ2v) is 9.34. The molecule has 5 rings (SSSR count). The van der Waals surface area contributed by atoms with Crippen LogP contribution in [0.5, 0.6) is 0 Å². The van der Waals surface area contributed by atoms with Gasteiger partial charge in [-0.25, -0.2) is 4.98 Å². The number of hydrogen-bond donors (Lipinski definition) is 1. The zero-order valence-electron chi connectivity index (χ0n) is 18.2. The van der Waals surface area contributed by atoms with E-state index in [2.05, 4.69) is 10.3 Å². The number of amides is 2. The number of carbonyl (C=O) groups is 2. The maximum atomic E-state index is 13.5. The summed E-state index contributed by atoms with van der Waals surface area (Å²) in [6, 6.07) is 16.6. The summed E-state index contributed by atoms with van der Waals surface area (Å²) in [4.78, 5) is 46.9. The first-order valence-electron chi connectivity index (χ1n) is 10.7. The fraction of sp³-hybridized carbons (Fsp3) is 0.200. The minimum atomic E-state index is -0.350. The van der Waals surface area contributed by atoms with Crippen molar-refractivity contribution < 1.29 is 9.59 Å². The van der Waals surface area contributed by atoms with Crippen molar-refractivity contribution in [2.24, 2.45) is 0 Å². The Kier molecular flexibility index (Phi) is 5.30. The predicted octanol–water partition coefficient (Wildman–Crippen LogP) is 4.20. The van der Waals surface area contributed by atoms with Gasteiger partial charge in [-0.15, -0.1) is 11.3 Å². The smallest absolute Gasteiger partial charge is 0.263 e. The third kappa shape index (κ3) is 3.72. The van der Waals surface area contributed by atoms with Gasteiger partial charge in [0.2, 0.25) is 11.8 Å². The van der Waals surface area contributed by atoms with Crippen molar-refractivity contribution in [1.29, 1.82) is 0 Å². The number of benzene rings is 2. The summed E-state index contributed by atoms with van der Waals surface area (Å²) in [6.45, 7) is 3.64. The van der Waals surface area contributed by atoms with Crippen molar-refractivity contribution >= 4 is 44.7 Å². The van der Waals surface area contributed by atoms with E-state index in [9.17, 15) is 14.4 Å². The van der Waals surface area contributed by atoms with E-state index in [1.165, 1.54) is 22.2 Å². The number of nitrogens with zero attached hydrogens (tertiary/aromatic N) is 3. The van der Waals surface area contributed by atoms with Gasteiger partial charge < -0.3 is 10.2 Å². The van der Waals surface area contributed by atoms with Gasteiger partial charge in [0.15, 0.2) is 0 Å². The summed E-state index contributed by atoms with van der Waals surface area (Å²) >= 11 is 1.47. The van der Waals surface area contributed by atoms with Gasteiger partial charge in [-0.2, -0.15) is 0 Å². The highest BCUT2D eigenvalue weighted by molar-refractivity contribution is 7.19. The first kappa shape index (κ1) is 21.1. The van der Waals surface area contributed by atoms with Crippen LogP contribution in [0.15, 0.2) is 65.7 Å². The van der Waals surface area contributed by atoms with Crippen LogP contribution in [-0.2, 0) is 16.1 Å². The normalized spacial score (nSPS) is 15.8. The molecule has 1 aliphatic heterocycles. The van der Waals surface area contributed by atoms with Crippen LogP contribution in [0.2, 0.25) is 0 Å². The van der Waals surface area contributed by atoms with Crippen molar-refractivity contribution in [1.82, 2.24) is 9.55 Å². The lowest BCUT2D eigenvalue weighted by atomic mass is 10.0. The van der Waals surface area contributed by atoms with E-state index in [-0.39, 0.29) is 36.4 Å². The van der Waals surface area contributed by atoms with E-state index in [4.69, 9.17) is 0 Å². The molecule has 0 aliphatic carbocycles. The number of hydrogen-bond acceptors (Lipinski definition) is 5. The van der Waals surface area contributed by atoms with Gasteiger partial charge in [-0.05, 0) is 31.5 Å². The molecule has 2 amide bonds. The van der Waals surface area contributed by atoms with E-state index >= 15 is 0 Å². The van der Waals surface area contributed by atoms with E-state index in [0.717, 1.165) is 16.0 Å². The highest BCUT2D eigenvalue weighted by Crippen LogP contribution is 2.35. The Morgan fingerprint density at radius 3 is 2.64 bits per heavy atom. The number of para-hydroxylation sites is 2. The number of anilines is 2. The van der Waals surface area contributed by atoms with Crippen LogP contribution in [0.1, 0.15) is 18.2 Å². The standard InChI is InChI=1S/C25H22N4O3S/c1-15-12-20(30)27-18-10-6-7-11-19(18)29(15)21(31)13-28-14-26-24-23(25(28)32)22(16(2)33-24)17-8-4-3-5-9-17/h3-11,14-15H,12-13H2,1-2H3,(H,27,30). The summed E-state index contributed by atoms with van der Waals surface area (Å²) < 4.78 is 1.36. The molecule has 8 heteroatoms. The van der Waals surface area contributed by atoms with Gasteiger partial charge in [0.25, 0.3) is 5.56 Å². The number of fused-ring (bicyclic) bond motifs is 2. The number of carbonyl (C=O) groups excluding carboxylic acids is 2. The fourth-order valence-corrected chi connectivity index (χ4v) is 5.40. The third-order valence-electron chi connectivity index (χ3n) is 5.85. The summed E-state index contributed by atoms with van der Waals surface area (Å²) in [5.41, 5.74) is 2.77. The van der Waals surface area contributed by atoms with E-state index < -0.39 is 0 Å². The zero-order valence-corrected chi connectivity index (χ0v) is 19.1. The highest BCUT2D eigenvalue weighted by Gasteiger charge is 2.30. The van der Waals surface area contributed by atoms with Crippen LogP contribution in [0.25, 0.3) is 21.3 Å². The molecule has 0 fully saturated rings. The van der Waals surface area contributed by atoms with Crippen LogP contribution >= 0.6 is 11.3 Å². The maximum absolute atomic E-state index is 13.5. The van der Waals surface area contributed by atoms with Crippen molar-refractivity contribution in [3.8, 4) is 11.1 Å². The molecule has 1 unspecified atom stereocenters. The Balaban J connectivity index is 1.56. The van der Waals surface area contributed by atoms with Crippen LogP contribution in [0, 0.1) is 6.92 Å². The second-order valence-electron chi connectivity index (χ2n) is 8.14. The quantitative estimate of drug-likeness (QED) is 0.499. The Hall–Kier alpha value is -3.78. The lowest BCUT2D eigenvalue weighted by molar-refractivity contribution is -0.120. The molecule has 4 aromatic rings. The minimum Gasteiger partial charge on any atom is -0.324 e. The van der Waals surface area contributed by atoms with Gasteiger partial charge in [-0.1, -0.05) is 42.5 Å². The Labute approximate surface area is 194 Å². The first-order chi connectivity index (χ1) is 15.9. The molecule has 1 atom stereocenters. The summed E-state index contributed by atoms with van der Waals surface area (Å²) in [6.07, 6.45) is 1.61. The Morgan fingerprint density at radius 1 is 1.12 bits per heavy atom. The molecule has 0 radical (unpaired) electrons.